The van der Waals surface area contributed by atoms with Gasteiger partial charge in [0.2, 0.25) is 0 Å². The van der Waals surface area contributed by atoms with E-state index in [0.29, 0.717) is 103 Å². The molecule has 8 unspecified atom stereocenters. The minimum Gasteiger partial charge on any atom is -0.422 e. The lowest BCUT2D eigenvalue weighted by molar-refractivity contribution is -0.100. The molecule has 4 fully saturated rings. The molecule has 0 aromatic rings. The van der Waals surface area contributed by atoms with Crippen molar-refractivity contribution in [1.82, 2.24) is 0 Å². The molecule has 4 aliphatic rings. The van der Waals surface area contributed by atoms with E-state index in [0.717, 1.165) is 0 Å². The molecule has 0 aromatic heterocycles. The second kappa shape index (κ2) is 41.2. The monoisotopic (exact) mass is 1780 g/mol. The highest BCUT2D eigenvalue weighted by molar-refractivity contribution is 7.01. The predicted octanol–water partition coefficient (Wildman–Crippen LogP) is 8.06. The molecule has 32 nitrogen and oxygen atoms in total. The first-order valence-electron chi connectivity index (χ1n) is 36.0. The average molecular weight is 1780 g/mol. The van der Waals surface area contributed by atoms with E-state index in [4.69, 9.17) is 131 Å². The van der Waals surface area contributed by atoms with Crippen LogP contribution >= 0.6 is 0 Å². The lowest BCUT2D eigenvalue weighted by Gasteiger charge is -2.57. The summed E-state index contributed by atoms with van der Waals surface area (Å²) in [4.78, 5) is 14.0. The van der Waals surface area contributed by atoms with Gasteiger partial charge >= 0.3 is 108 Å². The van der Waals surface area contributed by atoms with Crippen LogP contribution in [-0.2, 0) is 131 Å². The van der Waals surface area contributed by atoms with Crippen molar-refractivity contribution in [2.75, 3.05) is 79.3 Å². The summed E-state index contributed by atoms with van der Waals surface area (Å²) >= 11 is 0. The lowest BCUT2D eigenvalue weighted by atomic mass is 10.9. The third-order valence-corrected chi connectivity index (χ3v) is 81.4. The smallest absolute Gasteiger partial charge is 0.422 e. The molecule has 1 N–H and O–H groups in total. The Balaban J connectivity index is 2.45. The molecule has 100 heavy (non-hydrogen) atoms. The molecule has 0 radical (unpaired) electrons. The van der Waals surface area contributed by atoms with Gasteiger partial charge in [-0.3, -0.25) is 0 Å². The average Bonchev–Trinajstić information content (AvgIpc) is 0.696. The van der Waals surface area contributed by atoms with Crippen LogP contribution in [0.5, 0.6) is 0 Å². The Morgan fingerprint density at radius 3 is 0.750 bits per heavy atom. The van der Waals surface area contributed by atoms with E-state index in [1.54, 1.807) is 0 Å². The van der Waals surface area contributed by atoms with Gasteiger partial charge in [0.25, 0.3) is 0 Å². The van der Waals surface area contributed by atoms with Crippen LogP contribution in [0.3, 0.4) is 0 Å². The number of fused-ring (bicyclic) bond motifs is 4. The van der Waals surface area contributed by atoms with E-state index in [1.165, 1.54) is 0 Å². The highest BCUT2D eigenvalue weighted by Crippen LogP contribution is 2.50. The highest BCUT2D eigenvalue weighted by atomic mass is 28.7. The molecule has 52 heteroatoms. The first-order valence-corrected chi connectivity index (χ1v) is 80.2. The zero-order chi connectivity index (χ0) is 75.4. The van der Waals surface area contributed by atoms with Gasteiger partial charge in [0.15, 0.2) is 69.4 Å². The number of hydrogen-bond donors (Lipinski definition) is 1. The zero-order valence-electron chi connectivity index (χ0n) is 65.6. The van der Waals surface area contributed by atoms with E-state index < -0.39 is 178 Å². The normalized spacial score (nSPS) is 27.8. The molecular formula is C48H130O32Si20. The second-order valence-corrected chi connectivity index (χ2v) is 86.5. The minimum atomic E-state index is -5.77. The summed E-state index contributed by atoms with van der Waals surface area (Å²) in [5.74, 6) is 0. The molecule has 0 aromatic carbocycles. The van der Waals surface area contributed by atoms with Gasteiger partial charge in [-0.1, -0.05) is 0 Å². The molecule has 6 bridgehead atoms. The van der Waals surface area contributed by atoms with Crippen molar-refractivity contribution in [3.63, 3.8) is 0 Å². The molecule has 4 rings (SSSR count). The first kappa shape index (κ1) is 95.4. The van der Waals surface area contributed by atoms with Gasteiger partial charge in [-0.15, -0.1) is 0 Å². The molecule has 4 aliphatic heterocycles. The third kappa shape index (κ3) is 29.2. The van der Waals surface area contributed by atoms with Crippen molar-refractivity contribution < 1.29 is 136 Å². The largest absolute Gasteiger partial charge is 0.654 e. The van der Waals surface area contributed by atoms with Gasteiger partial charge in [0, 0.05) is 103 Å². The number of rotatable bonds is 52. The maximum absolute atomic E-state index is 14.0. The standard InChI is InChI=1S/C48H130O32Si20/c1-29-50-90(51-30-2,52-31-3)45-41-86(21,22)68-97-67-85(62-81(13)14)66-95(64-83(17)18)74-96(65-84(19)20)72-94(49,63-82(15)16)73-98(77-97,69-87(23,24)42-46-91(53-32-4,54-33-5)55-34-6)79-100(76-96,71-89(27,28)44-48-93(59-38-10,60-39-11)61-40-12)80-99(75-95,78-97)70-88(25,26)43-47-92(56-35-7,57-36-8)58-37-9/h49,81-85H,29-48H2,1-28H3. The molecule has 4 saturated heterocycles. The molecule has 0 aliphatic carbocycles. The van der Waals surface area contributed by atoms with Gasteiger partial charge in [0.05, 0.1) is 0 Å². The van der Waals surface area contributed by atoms with Gasteiger partial charge < -0.3 is 136 Å². The molecule has 0 spiro atoms. The van der Waals surface area contributed by atoms with Crippen LogP contribution < -0.4 is 0 Å². The summed E-state index contributed by atoms with van der Waals surface area (Å²) in [6, 6.07) is 2.27. The molecule has 4 heterocycles. The van der Waals surface area contributed by atoms with Gasteiger partial charge in [-0.05, 0) is 212 Å². The van der Waals surface area contributed by atoms with Crippen LogP contribution in [0.1, 0.15) is 83.1 Å². The van der Waals surface area contributed by atoms with Crippen LogP contribution in [0.2, 0.25) is 153 Å². The Morgan fingerprint density at radius 1 is 0.270 bits per heavy atom. The predicted molar refractivity (Wildman–Crippen MR) is 417 cm³/mol. The lowest BCUT2D eigenvalue weighted by Crippen LogP contribution is -2.88. The summed E-state index contributed by atoms with van der Waals surface area (Å²) in [6.07, 6.45) is 0. The van der Waals surface area contributed by atoms with Crippen molar-refractivity contribution in [3.8, 4) is 0 Å². The van der Waals surface area contributed by atoms with E-state index in [9.17, 15) is 4.80 Å². The molecule has 0 amide bonds. The van der Waals surface area contributed by atoms with Crippen LogP contribution in [-0.4, -0.2) is 262 Å². The van der Waals surface area contributed by atoms with Crippen LogP contribution in [0, 0.1) is 0 Å². The second-order valence-electron chi connectivity index (χ2n) is 27.0. The van der Waals surface area contributed by atoms with Crippen molar-refractivity contribution in [2.45, 2.75) is 236 Å². The Hall–Kier alpha value is 3.06. The van der Waals surface area contributed by atoms with Crippen molar-refractivity contribution in [3.05, 3.63) is 0 Å². The van der Waals surface area contributed by atoms with Crippen LogP contribution in [0.4, 0.5) is 0 Å². The van der Waals surface area contributed by atoms with Crippen molar-refractivity contribution >= 4 is 178 Å². The Morgan fingerprint density at radius 2 is 0.480 bits per heavy atom. The van der Waals surface area contributed by atoms with E-state index in [1.807, 2.05) is 188 Å². The summed E-state index contributed by atoms with van der Waals surface area (Å²) < 4.78 is 222. The van der Waals surface area contributed by atoms with Gasteiger partial charge in [0.1, 0.15) is 0 Å². The fourth-order valence-electron chi connectivity index (χ4n) is 11.0. The summed E-state index contributed by atoms with van der Waals surface area (Å²) in [7, 11) is -81.0. The zero-order valence-corrected chi connectivity index (χ0v) is 86.4. The maximum Gasteiger partial charge on any atom is 0.654 e. The molecule has 594 valence electrons. The first-order chi connectivity index (χ1) is 46.5. The summed E-state index contributed by atoms with van der Waals surface area (Å²) in [6.45, 7) is 57.4. The van der Waals surface area contributed by atoms with Crippen LogP contribution in [0.25, 0.3) is 0 Å². The highest BCUT2D eigenvalue weighted by Gasteiger charge is 2.87. The Bertz CT molecular complexity index is 2270. The van der Waals surface area contributed by atoms with Crippen molar-refractivity contribution in [1.29, 1.82) is 0 Å². The summed E-state index contributed by atoms with van der Waals surface area (Å²) in [5, 5.41) is 0. The fourth-order valence-corrected chi connectivity index (χ4v) is 92.2. The molecule has 8 atom stereocenters. The Kier molecular flexibility index (Phi) is 39.3. The Labute approximate surface area is 624 Å². The van der Waals surface area contributed by atoms with Crippen molar-refractivity contribution in [2.24, 2.45) is 0 Å². The molecule has 0 saturated carbocycles. The van der Waals surface area contributed by atoms with Gasteiger partial charge in [-0.25, -0.2) is 0 Å². The van der Waals surface area contributed by atoms with Crippen LogP contribution in [0.15, 0.2) is 0 Å². The van der Waals surface area contributed by atoms with Gasteiger partial charge in [-0.2, -0.15) is 0 Å². The minimum absolute atomic E-state index is 0.259. The summed E-state index contributed by atoms with van der Waals surface area (Å²) in [5.41, 5.74) is 0. The topological polar surface area (TPSA) is 306 Å². The van der Waals surface area contributed by atoms with E-state index >= 15 is 0 Å². The SMILES string of the molecule is CCO[Si](CC[Si](C)(C)O[Si]12O[SiH](O[SiH](C)C)O[Si]3(O[SiH](C)C)O[Si]4(O[SiH](C)C)O[Si](O)(O[SiH](C)C)O[Si](O[Si](C)(C)CC[Si](OCC)(OCC)OCC)(O1)O[Si](O[Si](C)(C)CC[Si](OCC)(OCC)OCC)(O4)O[Si](O[Si](C)(C)CC[Si](OCC)(OCC)OCC)(O3)O2)(OCC)OCC. The maximum atomic E-state index is 14.0. The molecular weight excluding hydrogens is 1650 g/mol. The fraction of sp³-hybridized carbons (Fsp3) is 1.00. The third-order valence-electron chi connectivity index (χ3n) is 14.4. The van der Waals surface area contributed by atoms with E-state index in [2.05, 4.69) is 0 Å². The number of hydrogen-bond acceptors (Lipinski definition) is 32. The quantitative estimate of drug-likeness (QED) is 0.0563. The van der Waals surface area contributed by atoms with E-state index in [-0.39, 0.29) is 24.2 Å².